The molecule has 0 N–H and O–H groups in total. The van der Waals surface area contributed by atoms with Gasteiger partial charge in [-0.1, -0.05) is 43.9 Å². The van der Waals surface area contributed by atoms with Crippen molar-refractivity contribution >= 4 is 11.6 Å². The molecule has 1 aromatic rings. The highest BCUT2D eigenvalue weighted by Gasteiger charge is 1.98. The summed E-state index contributed by atoms with van der Waals surface area (Å²) >= 11 is 0. The van der Waals surface area contributed by atoms with Gasteiger partial charge in [0.2, 0.25) is 0 Å². The van der Waals surface area contributed by atoms with Crippen molar-refractivity contribution in [1.82, 2.24) is 0 Å². The molecule has 0 radical (unpaired) electrons. The summed E-state index contributed by atoms with van der Waals surface area (Å²) < 4.78 is 0. The van der Waals surface area contributed by atoms with Crippen molar-refractivity contribution in [2.24, 2.45) is 0 Å². The Hall–Kier alpha value is -1.30. The summed E-state index contributed by atoms with van der Waals surface area (Å²) in [6, 6.07) is 6.48. The Bertz CT molecular complexity index is 332. The molecule has 0 saturated heterocycles. The fourth-order valence-electron chi connectivity index (χ4n) is 1.29. The molecular weight excluding hydrogens is 156 g/mol. The number of hydrogen-bond acceptors (Lipinski definition) is 0. The van der Waals surface area contributed by atoms with E-state index < -0.39 is 0 Å². The van der Waals surface area contributed by atoms with Crippen LogP contribution in [0.4, 0.5) is 0 Å². The van der Waals surface area contributed by atoms with E-state index in [1.54, 1.807) is 0 Å². The van der Waals surface area contributed by atoms with E-state index in [1.165, 1.54) is 16.7 Å². The van der Waals surface area contributed by atoms with E-state index in [9.17, 15) is 0 Å². The van der Waals surface area contributed by atoms with Gasteiger partial charge in [0.25, 0.3) is 0 Å². The Morgan fingerprint density at radius 1 is 1.38 bits per heavy atom. The number of rotatable bonds is 3. The van der Waals surface area contributed by atoms with Gasteiger partial charge >= 0.3 is 0 Å². The molecule has 0 saturated carbocycles. The highest BCUT2D eigenvalue weighted by atomic mass is 14.0. The monoisotopic (exact) mass is 172 g/mol. The molecule has 0 heteroatoms. The van der Waals surface area contributed by atoms with Gasteiger partial charge in [-0.05, 0) is 36.1 Å². The third kappa shape index (κ3) is 2.32. The fraction of sp³-hybridized carbons (Fsp3) is 0.231. The molecule has 0 heterocycles. The smallest absolute Gasteiger partial charge is 0.0225 e. The van der Waals surface area contributed by atoms with Crippen molar-refractivity contribution in [3.63, 3.8) is 0 Å². The van der Waals surface area contributed by atoms with Gasteiger partial charge in [-0.2, -0.15) is 0 Å². The van der Waals surface area contributed by atoms with E-state index in [-0.39, 0.29) is 0 Å². The van der Waals surface area contributed by atoms with Crippen LogP contribution in [0.15, 0.2) is 31.4 Å². The summed E-state index contributed by atoms with van der Waals surface area (Å²) in [5.74, 6) is 0. The normalized spacial score (nSPS) is 9.69. The number of hydrogen-bond donors (Lipinski definition) is 0. The zero-order chi connectivity index (χ0) is 9.84. The molecule has 0 atom stereocenters. The predicted molar refractivity (Wildman–Crippen MR) is 60.6 cm³/mol. The number of benzene rings is 1. The lowest BCUT2D eigenvalue weighted by atomic mass is 10.0. The Morgan fingerprint density at radius 2 is 2.08 bits per heavy atom. The van der Waals surface area contributed by atoms with Crippen LogP contribution in [-0.4, -0.2) is 0 Å². The topological polar surface area (TPSA) is 0 Å². The van der Waals surface area contributed by atoms with Crippen LogP contribution in [0.1, 0.15) is 30.5 Å². The maximum absolute atomic E-state index is 3.94. The van der Waals surface area contributed by atoms with Crippen LogP contribution >= 0.6 is 0 Å². The molecule has 0 aliphatic heterocycles. The minimum absolute atomic E-state index is 1.06. The largest absolute Gasteiger partial charge is 0.0985 e. The minimum atomic E-state index is 1.06. The lowest BCUT2D eigenvalue weighted by Crippen LogP contribution is -1.86. The van der Waals surface area contributed by atoms with E-state index in [2.05, 4.69) is 38.3 Å². The van der Waals surface area contributed by atoms with Gasteiger partial charge in [0, 0.05) is 0 Å². The molecule has 0 fully saturated rings. The second-order valence-corrected chi connectivity index (χ2v) is 3.30. The van der Waals surface area contributed by atoms with Crippen molar-refractivity contribution in [1.29, 1.82) is 0 Å². The molecule has 0 aromatic heterocycles. The third-order valence-corrected chi connectivity index (χ3v) is 2.15. The van der Waals surface area contributed by atoms with Crippen LogP contribution in [0.5, 0.6) is 0 Å². The molecule has 0 nitrogen and oxygen atoms in total. The first-order chi connectivity index (χ1) is 6.17. The first kappa shape index (κ1) is 9.79. The zero-order valence-corrected chi connectivity index (χ0v) is 8.43. The van der Waals surface area contributed by atoms with Crippen LogP contribution in [0.3, 0.4) is 0 Å². The first-order valence-corrected chi connectivity index (χ1v) is 4.59. The maximum Gasteiger partial charge on any atom is -0.0225 e. The highest BCUT2D eigenvalue weighted by Crippen LogP contribution is 2.17. The Labute approximate surface area is 80.6 Å². The van der Waals surface area contributed by atoms with Crippen molar-refractivity contribution in [3.8, 4) is 0 Å². The Balaban J connectivity index is 3.22. The lowest BCUT2D eigenvalue weighted by molar-refractivity contribution is 1.14. The summed E-state index contributed by atoms with van der Waals surface area (Å²) in [5.41, 5.74) is 4.85. The fourth-order valence-corrected chi connectivity index (χ4v) is 1.29. The highest BCUT2D eigenvalue weighted by molar-refractivity contribution is 5.65. The lowest BCUT2D eigenvalue weighted by Gasteiger charge is -2.05. The van der Waals surface area contributed by atoms with Crippen molar-refractivity contribution in [3.05, 3.63) is 48.0 Å². The average molecular weight is 172 g/mol. The number of aryl methyl sites for hydroxylation is 1. The molecule has 0 unspecified atom stereocenters. The molecular formula is C13H16. The molecule has 0 aliphatic rings. The van der Waals surface area contributed by atoms with Gasteiger partial charge in [-0.25, -0.2) is 0 Å². The molecule has 0 spiro atoms. The molecule has 1 rings (SSSR count). The molecule has 0 amide bonds. The third-order valence-electron chi connectivity index (χ3n) is 2.15. The molecule has 1 aromatic carbocycles. The van der Waals surface area contributed by atoms with E-state index in [4.69, 9.17) is 0 Å². The van der Waals surface area contributed by atoms with Crippen LogP contribution in [0.2, 0.25) is 0 Å². The zero-order valence-electron chi connectivity index (χ0n) is 8.43. The van der Waals surface area contributed by atoms with Gasteiger partial charge in [-0.3, -0.25) is 0 Å². The van der Waals surface area contributed by atoms with Crippen molar-refractivity contribution < 1.29 is 0 Å². The van der Waals surface area contributed by atoms with Crippen LogP contribution < -0.4 is 0 Å². The predicted octanol–water partition coefficient (Wildman–Crippen LogP) is 3.93. The quantitative estimate of drug-likeness (QED) is 0.648. The van der Waals surface area contributed by atoms with E-state index in [0.717, 1.165) is 12.0 Å². The minimum Gasteiger partial charge on any atom is -0.0985 e. The van der Waals surface area contributed by atoms with Crippen LogP contribution in [-0.2, 0) is 6.42 Å². The SMILES string of the molecule is C=Cc1cc(CC)cc(C(=C)C)c1. The van der Waals surface area contributed by atoms with Gasteiger partial charge in [-0.15, -0.1) is 0 Å². The van der Waals surface area contributed by atoms with Gasteiger partial charge in [0.1, 0.15) is 0 Å². The summed E-state index contributed by atoms with van der Waals surface area (Å²) in [5, 5.41) is 0. The molecule has 68 valence electrons. The molecule has 0 bridgehead atoms. The summed E-state index contributed by atoms with van der Waals surface area (Å²) in [4.78, 5) is 0. The summed E-state index contributed by atoms with van der Waals surface area (Å²) in [6.07, 6.45) is 2.94. The van der Waals surface area contributed by atoms with Gasteiger partial charge in [0.05, 0.1) is 0 Å². The van der Waals surface area contributed by atoms with Crippen LogP contribution in [0.25, 0.3) is 11.6 Å². The van der Waals surface area contributed by atoms with Gasteiger partial charge in [0.15, 0.2) is 0 Å². The second kappa shape index (κ2) is 4.08. The first-order valence-electron chi connectivity index (χ1n) is 4.59. The average Bonchev–Trinajstić information content (AvgIpc) is 2.16. The maximum atomic E-state index is 3.94. The van der Waals surface area contributed by atoms with E-state index in [1.807, 2.05) is 13.0 Å². The van der Waals surface area contributed by atoms with E-state index in [0.29, 0.717) is 0 Å². The van der Waals surface area contributed by atoms with Crippen LogP contribution in [0, 0.1) is 0 Å². The van der Waals surface area contributed by atoms with Gasteiger partial charge < -0.3 is 0 Å². The van der Waals surface area contributed by atoms with E-state index >= 15 is 0 Å². The number of allylic oxidation sites excluding steroid dienone is 1. The van der Waals surface area contributed by atoms with Crippen molar-refractivity contribution in [2.45, 2.75) is 20.3 Å². The Kier molecular flexibility index (Phi) is 3.07. The Morgan fingerprint density at radius 3 is 2.54 bits per heavy atom. The van der Waals surface area contributed by atoms with Crippen molar-refractivity contribution in [2.75, 3.05) is 0 Å². The molecule has 0 aliphatic carbocycles. The second-order valence-electron chi connectivity index (χ2n) is 3.30. The summed E-state index contributed by atoms with van der Waals surface area (Å²) in [7, 11) is 0. The standard InChI is InChI=1S/C13H16/c1-5-11-7-12(6-2)9-13(8-11)10(3)4/h5,7-9H,1,3,6H2,2,4H3. The molecule has 13 heavy (non-hydrogen) atoms. The summed E-state index contributed by atoms with van der Waals surface area (Å²) in [6.45, 7) is 11.9.